The second kappa shape index (κ2) is 6.96. The van der Waals surface area contributed by atoms with Crippen molar-refractivity contribution in [2.75, 3.05) is 7.11 Å². The molecule has 0 aromatic heterocycles. The summed E-state index contributed by atoms with van der Waals surface area (Å²) < 4.78 is 12.2. The van der Waals surface area contributed by atoms with Gasteiger partial charge in [-0.15, -0.1) is 0 Å². The van der Waals surface area contributed by atoms with Crippen LogP contribution in [0, 0.1) is 0 Å². The minimum absolute atomic E-state index is 0.444. The van der Waals surface area contributed by atoms with Gasteiger partial charge in [0.2, 0.25) is 0 Å². The number of methoxy groups -OCH3 is 1. The van der Waals surface area contributed by atoms with E-state index in [4.69, 9.17) is 15.3 Å². The molecular formula is C15H15BrN2O2. The highest BCUT2D eigenvalue weighted by Crippen LogP contribution is 2.30. The van der Waals surface area contributed by atoms with Crippen molar-refractivity contribution in [3.05, 3.63) is 58.1 Å². The molecule has 0 fully saturated rings. The van der Waals surface area contributed by atoms with Crippen molar-refractivity contribution in [2.45, 2.75) is 6.61 Å². The van der Waals surface area contributed by atoms with Crippen LogP contribution in [0.1, 0.15) is 11.1 Å². The third-order valence-electron chi connectivity index (χ3n) is 2.74. The van der Waals surface area contributed by atoms with Crippen molar-refractivity contribution in [1.82, 2.24) is 0 Å². The fourth-order valence-electron chi connectivity index (χ4n) is 1.77. The van der Waals surface area contributed by atoms with E-state index in [9.17, 15) is 0 Å². The van der Waals surface area contributed by atoms with Crippen molar-refractivity contribution in [1.29, 1.82) is 0 Å². The van der Waals surface area contributed by atoms with Crippen LogP contribution < -0.4 is 15.3 Å². The van der Waals surface area contributed by atoms with E-state index < -0.39 is 0 Å². The van der Waals surface area contributed by atoms with E-state index in [1.165, 1.54) is 0 Å². The molecule has 0 atom stereocenters. The number of rotatable bonds is 5. The molecule has 0 radical (unpaired) electrons. The Morgan fingerprint density at radius 3 is 2.60 bits per heavy atom. The van der Waals surface area contributed by atoms with Crippen LogP contribution in [0.3, 0.4) is 0 Å². The molecule has 2 N–H and O–H groups in total. The largest absolute Gasteiger partial charge is 0.493 e. The zero-order chi connectivity index (χ0) is 14.4. The van der Waals surface area contributed by atoms with E-state index in [0.717, 1.165) is 15.6 Å². The first kappa shape index (κ1) is 14.4. The Labute approximate surface area is 126 Å². The van der Waals surface area contributed by atoms with Gasteiger partial charge >= 0.3 is 0 Å². The molecule has 0 saturated heterocycles. The van der Waals surface area contributed by atoms with E-state index >= 15 is 0 Å². The second-order valence-electron chi connectivity index (χ2n) is 4.07. The van der Waals surface area contributed by atoms with Crippen LogP contribution in [0.2, 0.25) is 0 Å². The number of hydrogen-bond acceptors (Lipinski definition) is 4. The zero-order valence-electron chi connectivity index (χ0n) is 11.0. The molecule has 2 aromatic rings. The summed E-state index contributed by atoms with van der Waals surface area (Å²) in [6, 6.07) is 13.5. The van der Waals surface area contributed by atoms with Crippen LogP contribution in [-0.4, -0.2) is 13.3 Å². The van der Waals surface area contributed by atoms with Crippen molar-refractivity contribution in [3.8, 4) is 11.5 Å². The molecule has 0 bridgehead atoms. The van der Waals surface area contributed by atoms with Crippen molar-refractivity contribution >= 4 is 22.1 Å². The van der Waals surface area contributed by atoms with Crippen LogP contribution in [0.15, 0.2) is 52.0 Å². The number of ether oxygens (including phenoxy) is 2. The summed E-state index contributed by atoms with van der Waals surface area (Å²) in [6.45, 7) is 0.444. The normalized spacial score (nSPS) is 10.7. The maximum absolute atomic E-state index is 5.85. The molecule has 2 aromatic carbocycles. The monoisotopic (exact) mass is 334 g/mol. The van der Waals surface area contributed by atoms with Crippen molar-refractivity contribution < 1.29 is 9.47 Å². The van der Waals surface area contributed by atoms with Crippen LogP contribution in [0.4, 0.5) is 0 Å². The Bertz CT molecular complexity index is 597. The van der Waals surface area contributed by atoms with Gasteiger partial charge in [-0.3, -0.25) is 0 Å². The molecule has 0 spiro atoms. The topological polar surface area (TPSA) is 56.8 Å². The highest BCUT2D eigenvalue weighted by atomic mass is 79.9. The van der Waals surface area contributed by atoms with E-state index in [-0.39, 0.29) is 0 Å². The first-order valence-electron chi connectivity index (χ1n) is 6.02. The SMILES string of the molecule is COc1cccc(C=NN)c1OCc1ccc(Br)cc1. The first-order chi connectivity index (χ1) is 9.74. The highest BCUT2D eigenvalue weighted by molar-refractivity contribution is 9.10. The van der Waals surface area contributed by atoms with Gasteiger partial charge in [0.25, 0.3) is 0 Å². The minimum atomic E-state index is 0.444. The first-order valence-corrected chi connectivity index (χ1v) is 6.81. The Kier molecular flexibility index (Phi) is 5.01. The number of hydrazone groups is 1. The third-order valence-corrected chi connectivity index (χ3v) is 3.27. The summed E-state index contributed by atoms with van der Waals surface area (Å²) in [5.41, 5.74) is 1.85. The van der Waals surface area contributed by atoms with Gasteiger partial charge in [-0.1, -0.05) is 34.1 Å². The summed E-state index contributed by atoms with van der Waals surface area (Å²) in [5.74, 6) is 6.50. The fraction of sp³-hybridized carbons (Fsp3) is 0.133. The van der Waals surface area contributed by atoms with Gasteiger partial charge < -0.3 is 15.3 Å². The number of nitrogens with zero attached hydrogens (tertiary/aromatic N) is 1. The Balaban J connectivity index is 2.21. The summed E-state index contributed by atoms with van der Waals surface area (Å²) in [5, 5.41) is 3.54. The summed E-state index contributed by atoms with van der Waals surface area (Å²) in [6.07, 6.45) is 1.54. The highest BCUT2D eigenvalue weighted by Gasteiger charge is 2.09. The van der Waals surface area contributed by atoms with Gasteiger partial charge in [-0.25, -0.2) is 0 Å². The quantitative estimate of drug-likeness (QED) is 0.518. The van der Waals surface area contributed by atoms with E-state index in [1.807, 2.05) is 42.5 Å². The molecule has 0 amide bonds. The maximum Gasteiger partial charge on any atom is 0.170 e. The minimum Gasteiger partial charge on any atom is -0.493 e. The molecule has 20 heavy (non-hydrogen) atoms. The molecule has 4 nitrogen and oxygen atoms in total. The van der Waals surface area contributed by atoms with Gasteiger partial charge in [-0.05, 0) is 29.8 Å². The third kappa shape index (κ3) is 3.51. The molecule has 5 heteroatoms. The van der Waals surface area contributed by atoms with Gasteiger partial charge in [0, 0.05) is 10.0 Å². The second-order valence-corrected chi connectivity index (χ2v) is 4.99. The molecule has 0 aliphatic carbocycles. The average molecular weight is 335 g/mol. The van der Waals surface area contributed by atoms with Crippen LogP contribution >= 0.6 is 15.9 Å². The number of para-hydroxylation sites is 1. The lowest BCUT2D eigenvalue weighted by molar-refractivity contribution is 0.284. The molecule has 0 heterocycles. The molecule has 0 aliphatic rings. The lowest BCUT2D eigenvalue weighted by Crippen LogP contribution is -2.01. The van der Waals surface area contributed by atoms with E-state index in [0.29, 0.717) is 18.1 Å². The molecule has 2 rings (SSSR count). The Morgan fingerprint density at radius 2 is 1.95 bits per heavy atom. The lowest BCUT2D eigenvalue weighted by atomic mass is 10.2. The molecule has 0 saturated carbocycles. The van der Waals surface area contributed by atoms with Crippen LogP contribution in [0.25, 0.3) is 0 Å². The number of nitrogens with two attached hydrogens (primary N) is 1. The lowest BCUT2D eigenvalue weighted by Gasteiger charge is -2.13. The Morgan fingerprint density at radius 1 is 1.20 bits per heavy atom. The molecule has 104 valence electrons. The predicted octanol–water partition coefficient (Wildman–Crippen LogP) is 3.33. The van der Waals surface area contributed by atoms with E-state index in [2.05, 4.69) is 21.0 Å². The fourth-order valence-corrected chi connectivity index (χ4v) is 2.03. The maximum atomic E-state index is 5.85. The van der Waals surface area contributed by atoms with Gasteiger partial charge in [0.1, 0.15) is 6.61 Å². The predicted molar refractivity (Wildman–Crippen MR) is 83.2 cm³/mol. The molecule has 0 unspecified atom stereocenters. The van der Waals surface area contributed by atoms with Crippen LogP contribution in [0.5, 0.6) is 11.5 Å². The summed E-state index contributed by atoms with van der Waals surface area (Å²) >= 11 is 3.40. The zero-order valence-corrected chi connectivity index (χ0v) is 12.6. The summed E-state index contributed by atoms with van der Waals surface area (Å²) in [4.78, 5) is 0. The standard InChI is InChI=1S/C15H15BrN2O2/c1-19-14-4-2-3-12(9-18-17)15(14)20-10-11-5-7-13(16)8-6-11/h2-9H,10,17H2,1H3. The number of benzene rings is 2. The van der Waals surface area contributed by atoms with Crippen molar-refractivity contribution in [2.24, 2.45) is 10.9 Å². The number of hydrogen-bond donors (Lipinski definition) is 1. The molecular weight excluding hydrogens is 320 g/mol. The number of halogens is 1. The van der Waals surface area contributed by atoms with Crippen molar-refractivity contribution in [3.63, 3.8) is 0 Å². The Hall–Kier alpha value is -2.01. The molecule has 0 aliphatic heterocycles. The van der Waals surface area contributed by atoms with Gasteiger partial charge in [0.15, 0.2) is 11.5 Å². The van der Waals surface area contributed by atoms with Gasteiger partial charge in [0.05, 0.1) is 13.3 Å². The van der Waals surface area contributed by atoms with E-state index in [1.54, 1.807) is 13.3 Å². The smallest absolute Gasteiger partial charge is 0.170 e. The average Bonchev–Trinajstić information content (AvgIpc) is 2.47. The van der Waals surface area contributed by atoms with Crippen LogP contribution in [-0.2, 0) is 6.61 Å². The summed E-state index contributed by atoms with van der Waals surface area (Å²) in [7, 11) is 1.60. The van der Waals surface area contributed by atoms with Gasteiger partial charge in [-0.2, -0.15) is 5.10 Å².